The summed E-state index contributed by atoms with van der Waals surface area (Å²) in [4.78, 5) is 1.29. The Balaban J connectivity index is 1.79. The Hall–Kier alpha value is -0.990. The van der Waals surface area contributed by atoms with E-state index in [9.17, 15) is 4.39 Å². The summed E-state index contributed by atoms with van der Waals surface area (Å²) in [6, 6.07) is 17.1. The highest BCUT2D eigenvalue weighted by Crippen LogP contribution is 2.22. The molecule has 0 saturated carbocycles. The summed E-state index contributed by atoms with van der Waals surface area (Å²) < 4.78 is 12.9. The lowest BCUT2D eigenvalue weighted by Crippen LogP contribution is -2.07. The molecule has 20 heavy (non-hydrogen) atoms. The predicted octanol–water partition coefficient (Wildman–Crippen LogP) is 5.41. The molecule has 0 nitrogen and oxygen atoms in total. The molecule has 3 heteroatoms. The van der Waals surface area contributed by atoms with Crippen molar-refractivity contribution in [2.45, 2.75) is 17.7 Å². The van der Waals surface area contributed by atoms with Crippen molar-refractivity contribution in [2.75, 3.05) is 11.6 Å². The first-order valence-corrected chi connectivity index (χ1v) is 8.28. The van der Waals surface area contributed by atoms with E-state index in [2.05, 4.69) is 24.3 Å². The van der Waals surface area contributed by atoms with Crippen molar-refractivity contribution < 1.29 is 4.39 Å². The molecule has 0 amide bonds. The summed E-state index contributed by atoms with van der Waals surface area (Å²) in [5.41, 5.74) is 1.15. The highest BCUT2D eigenvalue weighted by molar-refractivity contribution is 7.99. The topological polar surface area (TPSA) is 0 Å². The molecule has 0 heterocycles. The molecule has 1 unspecified atom stereocenters. The summed E-state index contributed by atoms with van der Waals surface area (Å²) in [5.74, 6) is 1.96. The highest BCUT2D eigenvalue weighted by atomic mass is 35.5. The maximum Gasteiger partial charge on any atom is 0.123 e. The van der Waals surface area contributed by atoms with Crippen LogP contribution in [-0.2, 0) is 6.42 Å². The second kappa shape index (κ2) is 8.33. The molecule has 0 fully saturated rings. The number of thioether (sulfide) groups is 1. The zero-order valence-corrected chi connectivity index (χ0v) is 12.8. The summed E-state index contributed by atoms with van der Waals surface area (Å²) >= 11 is 7.91. The van der Waals surface area contributed by atoms with E-state index < -0.39 is 0 Å². The molecule has 2 rings (SSSR count). The second-order valence-corrected chi connectivity index (χ2v) is 6.28. The third-order valence-electron chi connectivity index (χ3n) is 3.19. The number of halogens is 2. The molecule has 0 N–H and O–H groups in total. The average molecular weight is 309 g/mol. The van der Waals surface area contributed by atoms with Crippen molar-refractivity contribution in [3.05, 3.63) is 66.0 Å². The van der Waals surface area contributed by atoms with Gasteiger partial charge in [0.1, 0.15) is 5.82 Å². The van der Waals surface area contributed by atoms with E-state index >= 15 is 0 Å². The summed E-state index contributed by atoms with van der Waals surface area (Å²) in [7, 11) is 0. The number of hydrogen-bond acceptors (Lipinski definition) is 1. The average Bonchev–Trinajstić information content (AvgIpc) is 2.49. The van der Waals surface area contributed by atoms with Crippen molar-refractivity contribution in [1.82, 2.24) is 0 Å². The first-order valence-electron chi connectivity index (χ1n) is 6.76. The molecule has 1 atom stereocenters. The number of benzene rings is 2. The van der Waals surface area contributed by atoms with Crippen LogP contribution in [0.3, 0.4) is 0 Å². The van der Waals surface area contributed by atoms with Gasteiger partial charge in [-0.25, -0.2) is 4.39 Å². The van der Waals surface area contributed by atoms with Crippen molar-refractivity contribution in [1.29, 1.82) is 0 Å². The van der Waals surface area contributed by atoms with Gasteiger partial charge in [-0.2, -0.15) is 0 Å². The summed E-state index contributed by atoms with van der Waals surface area (Å²) in [6.45, 7) is 0. The molecule has 0 aliphatic rings. The zero-order valence-electron chi connectivity index (χ0n) is 11.3. The highest BCUT2D eigenvalue weighted by Gasteiger charge is 2.09. The first kappa shape index (κ1) is 15.4. The Morgan fingerprint density at radius 3 is 2.35 bits per heavy atom. The van der Waals surface area contributed by atoms with Crippen molar-refractivity contribution in [3.63, 3.8) is 0 Å². The molecule has 0 aromatic heterocycles. The van der Waals surface area contributed by atoms with E-state index in [0.717, 1.165) is 24.2 Å². The number of rotatable bonds is 7. The Kier molecular flexibility index (Phi) is 6.41. The van der Waals surface area contributed by atoms with Crippen molar-refractivity contribution in [3.8, 4) is 0 Å². The smallest absolute Gasteiger partial charge is 0.123 e. The van der Waals surface area contributed by atoms with Gasteiger partial charge in [-0.1, -0.05) is 30.3 Å². The van der Waals surface area contributed by atoms with Crippen LogP contribution < -0.4 is 0 Å². The molecular formula is C17H18ClFS. The van der Waals surface area contributed by atoms with Gasteiger partial charge >= 0.3 is 0 Å². The van der Waals surface area contributed by atoms with Crippen molar-refractivity contribution >= 4 is 23.4 Å². The Bertz CT molecular complexity index is 498. The normalized spacial score (nSPS) is 12.3. The van der Waals surface area contributed by atoms with Gasteiger partial charge in [0, 0.05) is 10.8 Å². The standard InChI is InChI=1S/C17H18ClFS/c18-13-15(12-14-6-8-16(19)9-7-14)10-11-20-17-4-2-1-3-5-17/h1-9,15H,10-13H2. The molecular weight excluding hydrogens is 291 g/mol. The van der Waals surface area contributed by atoms with Crippen LogP contribution in [0.2, 0.25) is 0 Å². The van der Waals surface area contributed by atoms with Crippen molar-refractivity contribution in [2.24, 2.45) is 5.92 Å². The Morgan fingerprint density at radius 1 is 1.00 bits per heavy atom. The predicted molar refractivity (Wildman–Crippen MR) is 86.1 cm³/mol. The summed E-state index contributed by atoms with van der Waals surface area (Å²) in [6.07, 6.45) is 1.99. The minimum absolute atomic E-state index is 0.184. The van der Waals surface area contributed by atoms with Crippen LogP contribution in [0.15, 0.2) is 59.5 Å². The van der Waals surface area contributed by atoms with Gasteiger partial charge in [0.05, 0.1) is 0 Å². The Morgan fingerprint density at radius 2 is 1.70 bits per heavy atom. The lowest BCUT2D eigenvalue weighted by atomic mass is 9.99. The van der Waals surface area contributed by atoms with Gasteiger partial charge in [-0.05, 0) is 54.3 Å². The third kappa shape index (κ3) is 5.18. The molecule has 0 aliphatic heterocycles. The zero-order chi connectivity index (χ0) is 14.2. The van der Waals surface area contributed by atoms with Gasteiger partial charge in [0.25, 0.3) is 0 Å². The van der Waals surface area contributed by atoms with Crippen LogP contribution in [0.4, 0.5) is 4.39 Å². The fourth-order valence-electron chi connectivity index (χ4n) is 2.05. The van der Waals surface area contributed by atoms with Gasteiger partial charge in [-0.3, -0.25) is 0 Å². The van der Waals surface area contributed by atoms with E-state index in [4.69, 9.17) is 11.6 Å². The molecule has 0 bridgehead atoms. The number of alkyl halides is 1. The van der Waals surface area contributed by atoms with Gasteiger partial charge < -0.3 is 0 Å². The summed E-state index contributed by atoms with van der Waals surface area (Å²) in [5, 5.41) is 0. The molecule has 2 aromatic rings. The van der Waals surface area contributed by atoms with Gasteiger partial charge in [0.2, 0.25) is 0 Å². The van der Waals surface area contributed by atoms with E-state index in [-0.39, 0.29) is 5.82 Å². The van der Waals surface area contributed by atoms with E-state index in [1.165, 1.54) is 17.0 Å². The molecule has 0 spiro atoms. The lowest BCUT2D eigenvalue weighted by molar-refractivity contribution is 0.569. The minimum atomic E-state index is -0.184. The minimum Gasteiger partial charge on any atom is -0.207 e. The third-order valence-corrected chi connectivity index (χ3v) is 4.68. The molecule has 0 saturated heterocycles. The van der Waals surface area contributed by atoms with Crippen LogP contribution in [0, 0.1) is 11.7 Å². The monoisotopic (exact) mass is 308 g/mol. The number of hydrogen-bond donors (Lipinski definition) is 0. The van der Waals surface area contributed by atoms with Gasteiger partial charge in [-0.15, -0.1) is 23.4 Å². The maximum absolute atomic E-state index is 12.9. The van der Waals surface area contributed by atoms with Gasteiger partial charge in [0.15, 0.2) is 0 Å². The fourth-order valence-corrected chi connectivity index (χ4v) is 3.35. The Labute approximate surface area is 129 Å². The largest absolute Gasteiger partial charge is 0.207 e. The molecule has 0 aliphatic carbocycles. The molecule has 0 radical (unpaired) electrons. The van der Waals surface area contributed by atoms with E-state index in [1.807, 2.05) is 30.0 Å². The molecule has 2 aromatic carbocycles. The van der Waals surface area contributed by atoms with Crippen LogP contribution >= 0.6 is 23.4 Å². The van der Waals surface area contributed by atoms with Crippen LogP contribution in [0.25, 0.3) is 0 Å². The van der Waals surface area contributed by atoms with Crippen LogP contribution in [0.1, 0.15) is 12.0 Å². The van der Waals surface area contributed by atoms with Crippen LogP contribution in [0.5, 0.6) is 0 Å². The second-order valence-electron chi connectivity index (χ2n) is 4.80. The van der Waals surface area contributed by atoms with E-state index in [0.29, 0.717) is 11.8 Å². The molecule has 106 valence electrons. The fraction of sp³-hybridized carbons (Fsp3) is 0.294. The lowest BCUT2D eigenvalue weighted by Gasteiger charge is -2.13. The quantitative estimate of drug-likeness (QED) is 0.487. The van der Waals surface area contributed by atoms with Crippen LogP contribution in [-0.4, -0.2) is 11.6 Å². The first-order chi connectivity index (χ1) is 9.78. The van der Waals surface area contributed by atoms with E-state index in [1.54, 1.807) is 0 Å². The SMILES string of the molecule is Fc1ccc(CC(CCl)CCSc2ccccc2)cc1. The maximum atomic E-state index is 12.9.